The Morgan fingerprint density at radius 1 is 1.60 bits per heavy atom. The summed E-state index contributed by atoms with van der Waals surface area (Å²) in [6.07, 6.45) is 0.809. The van der Waals surface area contributed by atoms with Crippen molar-refractivity contribution in [2.24, 2.45) is 5.92 Å². The lowest BCUT2D eigenvalue weighted by Crippen LogP contribution is -2.52. The topological polar surface area (TPSA) is 88.5 Å². The van der Waals surface area contributed by atoms with E-state index in [2.05, 4.69) is 5.32 Å². The van der Waals surface area contributed by atoms with E-state index in [4.69, 9.17) is 10.6 Å². The molecule has 0 unspecified atom stereocenters. The van der Waals surface area contributed by atoms with Crippen LogP contribution in [0.2, 0.25) is 0 Å². The summed E-state index contributed by atoms with van der Waals surface area (Å²) in [5, 5.41) is 19.8. The number of hydrogen-bond acceptors (Lipinski definition) is 3. The lowest BCUT2D eigenvalue weighted by atomic mass is 9.97. The first-order valence-electron chi connectivity index (χ1n) is 6.72. The van der Waals surface area contributed by atoms with Crippen molar-refractivity contribution in [1.29, 1.82) is 5.41 Å². The molecule has 1 aromatic carbocycles. The molecule has 1 aliphatic rings. The number of carbonyl (C=O) groups excluding carboxylic acids is 1. The highest BCUT2D eigenvalue weighted by molar-refractivity contribution is 5.99. The van der Waals surface area contributed by atoms with Gasteiger partial charge in [0.1, 0.15) is 6.04 Å². The number of carbonyl (C=O) groups is 1. The standard InChI is InChI=1S/C14H20N4O2/c1-3-9(2)12-13(19)16-11-7-5-4-6-10(11)8-18(12)14(15)17-20/h4-7,9,12,20H,3,8H2,1-2H3,(H2,15,17)(H,16,19)/t9-,12-/m0/s1. The van der Waals surface area contributed by atoms with Gasteiger partial charge in [0.2, 0.25) is 11.9 Å². The van der Waals surface area contributed by atoms with Gasteiger partial charge in [0.25, 0.3) is 0 Å². The maximum Gasteiger partial charge on any atom is 0.247 e. The van der Waals surface area contributed by atoms with Crippen molar-refractivity contribution in [1.82, 2.24) is 10.4 Å². The molecule has 108 valence electrons. The molecule has 2 atom stereocenters. The molecule has 0 fully saturated rings. The average Bonchev–Trinajstić information content (AvgIpc) is 2.61. The molecule has 0 radical (unpaired) electrons. The molecule has 1 aliphatic heterocycles. The van der Waals surface area contributed by atoms with Crippen LogP contribution in [0.15, 0.2) is 24.3 Å². The van der Waals surface area contributed by atoms with Gasteiger partial charge in [-0.2, -0.15) is 0 Å². The summed E-state index contributed by atoms with van der Waals surface area (Å²) in [5.41, 5.74) is 3.54. The van der Waals surface area contributed by atoms with Crippen molar-refractivity contribution >= 4 is 17.6 Å². The molecule has 2 rings (SSSR count). The van der Waals surface area contributed by atoms with Crippen LogP contribution in [0.1, 0.15) is 25.8 Å². The summed E-state index contributed by atoms with van der Waals surface area (Å²) in [7, 11) is 0. The molecule has 0 aromatic heterocycles. The molecule has 1 aromatic rings. The summed E-state index contributed by atoms with van der Waals surface area (Å²) in [6, 6.07) is 7.03. The fraction of sp³-hybridized carbons (Fsp3) is 0.429. The van der Waals surface area contributed by atoms with Gasteiger partial charge in [-0.25, -0.2) is 5.48 Å². The van der Waals surface area contributed by atoms with Gasteiger partial charge in [-0.1, -0.05) is 38.5 Å². The summed E-state index contributed by atoms with van der Waals surface area (Å²) in [4.78, 5) is 14.0. The van der Waals surface area contributed by atoms with Gasteiger partial charge in [-0.05, 0) is 17.5 Å². The third-order valence-corrected chi connectivity index (χ3v) is 3.80. The summed E-state index contributed by atoms with van der Waals surface area (Å²) in [6.45, 7) is 4.37. The Kier molecular flexibility index (Phi) is 4.24. The highest BCUT2D eigenvalue weighted by Gasteiger charge is 2.35. The first-order valence-corrected chi connectivity index (χ1v) is 6.72. The van der Waals surface area contributed by atoms with E-state index in [1.165, 1.54) is 0 Å². The van der Waals surface area contributed by atoms with Gasteiger partial charge in [-0.3, -0.25) is 15.4 Å². The first-order chi connectivity index (χ1) is 9.58. The lowest BCUT2D eigenvalue weighted by molar-refractivity contribution is -0.121. The Morgan fingerprint density at radius 3 is 2.95 bits per heavy atom. The third-order valence-electron chi connectivity index (χ3n) is 3.80. The van der Waals surface area contributed by atoms with Crippen molar-refractivity contribution in [3.05, 3.63) is 29.8 Å². The molecular formula is C14H20N4O2. The number of hydrogen-bond donors (Lipinski definition) is 4. The van der Waals surface area contributed by atoms with Gasteiger partial charge < -0.3 is 10.2 Å². The second-order valence-electron chi connectivity index (χ2n) is 5.07. The Labute approximate surface area is 118 Å². The van der Waals surface area contributed by atoms with E-state index in [-0.39, 0.29) is 17.8 Å². The molecular weight excluding hydrogens is 256 g/mol. The number of hydroxylamine groups is 1. The number of guanidine groups is 1. The lowest BCUT2D eigenvalue weighted by Gasteiger charge is -2.33. The van der Waals surface area contributed by atoms with Gasteiger partial charge >= 0.3 is 0 Å². The molecule has 1 heterocycles. The van der Waals surface area contributed by atoms with Crippen LogP contribution < -0.4 is 10.8 Å². The maximum atomic E-state index is 12.4. The van der Waals surface area contributed by atoms with E-state index >= 15 is 0 Å². The third kappa shape index (κ3) is 2.60. The van der Waals surface area contributed by atoms with Crippen LogP contribution >= 0.6 is 0 Å². The molecule has 1 amide bonds. The molecule has 0 saturated heterocycles. The predicted octanol–water partition coefficient (Wildman–Crippen LogP) is 1.77. The number of anilines is 1. The van der Waals surface area contributed by atoms with E-state index in [0.29, 0.717) is 6.54 Å². The van der Waals surface area contributed by atoms with Gasteiger partial charge in [0.15, 0.2) is 0 Å². The number of nitrogens with zero attached hydrogens (tertiary/aromatic N) is 1. The van der Waals surface area contributed by atoms with Crippen LogP contribution in [0.3, 0.4) is 0 Å². The van der Waals surface area contributed by atoms with Crippen LogP contribution in [0.4, 0.5) is 5.69 Å². The summed E-state index contributed by atoms with van der Waals surface area (Å²) >= 11 is 0. The smallest absolute Gasteiger partial charge is 0.247 e. The minimum Gasteiger partial charge on any atom is -0.325 e. The molecule has 6 nitrogen and oxygen atoms in total. The molecule has 0 aliphatic carbocycles. The van der Waals surface area contributed by atoms with Crippen molar-refractivity contribution in [2.45, 2.75) is 32.9 Å². The average molecular weight is 276 g/mol. The van der Waals surface area contributed by atoms with Gasteiger partial charge in [0.05, 0.1) is 0 Å². The van der Waals surface area contributed by atoms with Crippen LogP contribution in [-0.2, 0) is 11.3 Å². The van der Waals surface area contributed by atoms with Crippen molar-refractivity contribution in [3.63, 3.8) is 0 Å². The van der Waals surface area contributed by atoms with Crippen molar-refractivity contribution < 1.29 is 10.0 Å². The fourth-order valence-electron chi connectivity index (χ4n) is 2.48. The number of amides is 1. The Bertz CT molecular complexity index is 518. The molecule has 0 saturated carbocycles. The normalized spacial score (nSPS) is 19.6. The van der Waals surface area contributed by atoms with Gasteiger partial charge in [0, 0.05) is 12.2 Å². The Morgan fingerprint density at radius 2 is 2.30 bits per heavy atom. The second-order valence-corrected chi connectivity index (χ2v) is 5.07. The number of fused-ring (bicyclic) bond motifs is 1. The van der Waals surface area contributed by atoms with Crippen molar-refractivity contribution in [3.8, 4) is 0 Å². The highest BCUT2D eigenvalue weighted by atomic mass is 16.5. The largest absolute Gasteiger partial charge is 0.325 e. The van der Waals surface area contributed by atoms with Crippen LogP contribution in [0, 0.1) is 11.3 Å². The second kappa shape index (κ2) is 5.92. The Balaban J connectivity index is 2.42. The molecule has 6 heteroatoms. The number of benzene rings is 1. The predicted molar refractivity (Wildman–Crippen MR) is 76.5 cm³/mol. The number of rotatable bonds is 2. The molecule has 20 heavy (non-hydrogen) atoms. The van der Waals surface area contributed by atoms with E-state index in [9.17, 15) is 4.79 Å². The zero-order valence-electron chi connectivity index (χ0n) is 11.7. The van der Waals surface area contributed by atoms with E-state index < -0.39 is 6.04 Å². The van der Waals surface area contributed by atoms with E-state index in [0.717, 1.165) is 17.7 Å². The Hall–Kier alpha value is -2.08. The first kappa shape index (κ1) is 14.3. The van der Waals surface area contributed by atoms with E-state index in [1.54, 1.807) is 4.90 Å². The zero-order chi connectivity index (χ0) is 14.7. The summed E-state index contributed by atoms with van der Waals surface area (Å²) < 4.78 is 0. The van der Waals surface area contributed by atoms with Gasteiger partial charge in [-0.15, -0.1) is 0 Å². The quantitative estimate of drug-likeness (QED) is 0.376. The maximum absolute atomic E-state index is 12.4. The van der Waals surface area contributed by atoms with Crippen molar-refractivity contribution in [2.75, 3.05) is 5.32 Å². The number of para-hydroxylation sites is 1. The monoisotopic (exact) mass is 276 g/mol. The van der Waals surface area contributed by atoms with Crippen LogP contribution in [-0.4, -0.2) is 28.0 Å². The minimum atomic E-state index is -0.487. The zero-order valence-corrected chi connectivity index (χ0v) is 11.7. The SMILES string of the molecule is CC[C@H](C)[C@H]1C(=O)Nc2ccccc2CN1C(=N)NO. The minimum absolute atomic E-state index is 0.0676. The van der Waals surface area contributed by atoms with E-state index in [1.807, 2.05) is 43.6 Å². The molecule has 4 N–H and O–H groups in total. The molecule has 0 bridgehead atoms. The fourth-order valence-corrected chi connectivity index (χ4v) is 2.48. The van der Waals surface area contributed by atoms with Crippen LogP contribution in [0.25, 0.3) is 0 Å². The highest BCUT2D eigenvalue weighted by Crippen LogP contribution is 2.26. The molecule has 0 spiro atoms. The van der Waals surface area contributed by atoms with Crippen LogP contribution in [0.5, 0.6) is 0 Å². The number of nitrogens with one attached hydrogen (secondary N) is 3. The summed E-state index contributed by atoms with van der Waals surface area (Å²) in [5.74, 6) is -0.246.